The molecular weight excluding hydrogens is 330 g/mol. The van der Waals surface area contributed by atoms with Crippen LogP contribution in [0.2, 0.25) is 5.28 Å². The van der Waals surface area contributed by atoms with E-state index >= 15 is 0 Å². The number of nitrogens with one attached hydrogen (secondary N) is 1. The molecule has 0 bridgehead atoms. The van der Waals surface area contributed by atoms with E-state index < -0.39 is 11.1 Å². The van der Waals surface area contributed by atoms with Crippen molar-refractivity contribution in [1.82, 2.24) is 15.3 Å². The Morgan fingerprint density at radius 1 is 1.41 bits per heavy atom. The summed E-state index contributed by atoms with van der Waals surface area (Å²) in [7, 11) is 0. The number of thioether (sulfide) groups is 1. The molecule has 0 atom stereocenters. The molecule has 0 radical (unpaired) electrons. The van der Waals surface area contributed by atoms with Gasteiger partial charge in [0.2, 0.25) is 11.2 Å². The Morgan fingerprint density at radius 3 is 2.95 bits per heavy atom. The molecule has 0 aliphatic carbocycles. The second kappa shape index (κ2) is 6.20. The van der Waals surface area contributed by atoms with E-state index in [1.54, 1.807) is 12.1 Å². The molecule has 1 aliphatic rings. The number of amides is 2. The number of imide groups is 1. The minimum atomic E-state index is -0.470. The molecule has 0 unspecified atom stereocenters. The van der Waals surface area contributed by atoms with Crippen LogP contribution in [0.5, 0.6) is 5.88 Å². The van der Waals surface area contributed by atoms with Gasteiger partial charge >= 0.3 is 0 Å². The van der Waals surface area contributed by atoms with E-state index in [1.807, 2.05) is 0 Å². The summed E-state index contributed by atoms with van der Waals surface area (Å²) in [5.41, 5.74) is 0.363. The number of furan rings is 1. The third-order valence-corrected chi connectivity index (χ3v) is 3.54. The molecular formula is C13H8ClN3O4S. The van der Waals surface area contributed by atoms with E-state index in [0.29, 0.717) is 11.5 Å². The number of nitrogens with zero attached hydrogens (tertiary/aromatic N) is 2. The van der Waals surface area contributed by atoms with Gasteiger partial charge in [-0.1, -0.05) is 0 Å². The zero-order valence-corrected chi connectivity index (χ0v) is 12.5. The summed E-state index contributed by atoms with van der Waals surface area (Å²) in [4.78, 5) is 30.8. The van der Waals surface area contributed by atoms with Crippen LogP contribution in [0.4, 0.5) is 4.79 Å². The molecule has 2 aromatic heterocycles. The van der Waals surface area contributed by atoms with Gasteiger partial charge in [-0.25, -0.2) is 4.98 Å². The lowest BCUT2D eigenvalue weighted by Crippen LogP contribution is -2.17. The highest BCUT2D eigenvalue weighted by Crippen LogP contribution is 2.26. The third kappa shape index (κ3) is 3.46. The van der Waals surface area contributed by atoms with E-state index in [0.717, 1.165) is 11.8 Å². The van der Waals surface area contributed by atoms with Crippen LogP contribution in [0.3, 0.4) is 0 Å². The monoisotopic (exact) mass is 337 g/mol. The van der Waals surface area contributed by atoms with E-state index in [2.05, 4.69) is 15.3 Å². The first-order valence-corrected chi connectivity index (χ1v) is 7.24. The Morgan fingerprint density at radius 2 is 2.27 bits per heavy atom. The number of aromatic nitrogens is 2. The third-order valence-electron chi connectivity index (χ3n) is 2.56. The van der Waals surface area contributed by atoms with Crippen molar-refractivity contribution in [3.8, 4) is 5.88 Å². The second-order valence-electron chi connectivity index (χ2n) is 4.12. The van der Waals surface area contributed by atoms with Crippen molar-refractivity contribution in [3.05, 3.63) is 46.1 Å². The molecule has 3 heterocycles. The number of carbonyl (C=O) groups excluding carboxylic acids is 2. The zero-order valence-electron chi connectivity index (χ0n) is 10.9. The van der Waals surface area contributed by atoms with E-state index in [1.165, 1.54) is 18.4 Å². The summed E-state index contributed by atoms with van der Waals surface area (Å²) in [5, 5.41) is 1.70. The molecule has 1 aliphatic heterocycles. The molecule has 112 valence electrons. The van der Waals surface area contributed by atoms with Gasteiger partial charge in [0.25, 0.3) is 11.1 Å². The number of halogens is 1. The Hall–Kier alpha value is -2.32. The molecule has 2 amide bonds. The topological polar surface area (TPSA) is 94.3 Å². The molecule has 3 rings (SSSR count). The minimum Gasteiger partial charge on any atom is -0.469 e. The van der Waals surface area contributed by atoms with Crippen molar-refractivity contribution in [1.29, 1.82) is 0 Å². The average molecular weight is 338 g/mol. The van der Waals surface area contributed by atoms with Gasteiger partial charge in [-0.3, -0.25) is 14.9 Å². The Balaban J connectivity index is 1.79. The smallest absolute Gasteiger partial charge is 0.290 e. The minimum absolute atomic E-state index is 0.0291. The largest absolute Gasteiger partial charge is 0.469 e. The fourth-order valence-corrected chi connectivity index (χ4v) is 2.50. The number of hydrogen-bond donors (Lipinski definition) is 1. The van der Waals surface area contributed by atoms with Crippen LogP contribution < -0.4 is 10.1 Å². The van der Waals surface area contributed by atoms with Crippen molar-refractivity contribution in [2.24, 2.45) is 0 Å². The SMILES string of the molecule is O=C1NC(=O)C(=Cc2cc(OCc3ccco3)nc(Cl)n2)S1. The van der Waals surface area contributed by atoms with Crippen LogP contribution in [0.25, 0.3) is 6.08 Å². The lowest BCUT2D eigenvalue weighted by atomic mass is 10.3. The Labute approximate surface area is 133 Å². The number of hydrogen-bond acceptors (Lipinski definition) is 7. The predicted octanol–water partition coefficient (Wildman–Crippen LogP) is 2.63. The predicted molar refractivity (Wildman–Crippen MR) is 79.2 cm³/mol. The molecule has 7 nitrogen and oxygen atoms in total. The lowest BCUT2D eigenvalue weighted by molar-refractivity contribution is -0.115. The maximum absolute atomic E-state index is 11.5. The summed E-state index contributed by atoms with van der Waals surface area (Å²) >= 11 is 6.63. The van der Waals surface area contributed by atoms with Crippen LogP contribution in [-0.4, -0.2) is 21.1 Å². The maximum atomic E-state index is 11.5. The summed E-state index contributed by atoms with van der Waals surface area (Å²) in [6.07, 6.45) is 2.98. The van der Waals surface area contributed by atoms with Gasteiger partial charge in [-0.15, -0.1) is 0 Å². The standard InChI is InChI=1S/C13H8ClN3O4S/c14-12-15-7(4-9-11(18)17-13(19)22-9)5-10(16-12)21-6-8-2-1-3-20-8/h1-5H,6H2,(H,17,18,19). The zero-order chi connectivity index (χ0) is 15.5. The van der Waals surface area contributed by atoms with Gasteiger partial charge in [-0.05, 0) is 41.6 Å². The van der Waals surface area contributed by atoms with Gasteiger partial charge in [0.05, 0.1) is 16.9 Å². The quantitative estimate of drug-likeness (QED) is 0.676. The maximum Gasteiger partial charge on any atom is 0.290 e. The van der Waals surface area contributed by atoms with Gasteiger partial charge in [0.1, 0.15) is 12.4 Å². The second-order valence-corrected chi connectivity index (χ2v) is 5.47. The normalized spacial score (nSPS) is 16.1. The molecule has 2 aromatic rings. The highest BCUT2D eigenvalue weighted by atomic mass is 35.5. The first kappa shape index (κ1) is 14.6. The van der Waals surface area contributed by atoms with Crippen molar-refractivity contribution in [3.63, 3.8) is 0 Å². The van der Waals surface area contributed by atoms with Gasteiger partial charge < -0.3 is 9.15 Å². The summed E-state index contributed by atoms with van der Waals surface area (Å²) < 4.78 is 10.6. The highest BCUT2D eigenvalue weighted by molar-refractivity contribution is 8.18. The molecule has 0 spiro atoms. The molecule has 1 saturated heterocycles. The first-order valence-electron chi connectivity index (χ1n) is 6.05. The van der Waals surface area contributed by atoms with Crippen molar-refractivity contribution >= 4 is 40.6 Å². The van der Waals surface area contributed by atoms with Crippen molar-refractivity contribution < 1.29 is 18.7 Å². The highest BCUT2D eigenvalue weighted by Gasteiger charge is 2.25. The van der Waals surface area contributed by atoms with Crippen LogP contribution in [0.1, 0.15) is 11.5 Å². The van der Waals surface area contributed by atoms with E-state index in [9.17, 15) is 9.59 Å². The molecule has 1 N–H and O–H groups in total. The number of ether oxygens (including phenoxy) is 1. The van der Waals surface area contributed by atoms with Crippen LogP contribution >= 0.6 is 23.4 Å². The Kier molecular flexibility index (Phi) is 4.12. The van der Waals surface area contributed by atoms with Crippen molar-refractivity contribution in [2.75, 3.05) is 0 Å². The van der Waals surface area contributed by atoms with E-state index in [4.69, 9.17) is 20.8 Å². The van der Waals surface area contributed by atoms with Crippen LogP contribution in [0, 0.1) is 0 Å². The Bertz CT molecular complexity index is 761. The first-order chi connectivity index (χ1) is 10.6. The average Bonchev–Trinajstić information content (AvgIpc) is 3.06. The molecule has 0 aromatic carbocycles. The molecule has 0 saturated carbocycles. The summed E-state index contributed by atoms with van der Waals surface area (Å²) in [6.45, 7) is 0.185. The summed E-state index contributed by atoms with van der Waals surface area (Å²) in [6, 6.07) is 5.02. The molecule has 9 heteroatoms. The summed E-state index contributed by atoms with van der Waals surface area (Å²) in [5.74, 6) is 0.395. The van der Waals surface area contributed by atoms with Gasteiger partial charge in [0, 0.05) is 6.07 Å². The fraction of sp³-hybridized carbons (Fsp3) is 0.0769. The van der Waals surface area contributed by atoms with Crippen molar-refractivity contribution in [2.45, 2.75) is 6.61 Å². The number of carbonyl (C=O) groups is 2. The molecule has 1 fully saturated rings. The molecule has 22 heavy (non-hydrogen) atoms. The van der Waals surface area contributed by atoms with Gasteiger partial charge in [0.15, 0.2) is 0 Å². The lowest BCUT2D eigenvalue weighted by Gasteiger charge is -2.04. The fourth-order valence-electron chi connectivity index (χ4n) is 1.66. The van der Waals surface area contributed by atoms with Crippen LogP contribution in [0.15, 0.2) is 33.8 Å². The number of rotatable bonds is 4. The van der Waals surface area contributed by atoms with Gasteiger partial charge in [-0.2, -0.15) is 4.98 Å². The van der Waals surface area contributed by atoms with Crippen LogP contribution in [-0.2, 0) is 11.4 Å². The van der Waals surface area contributed by atoms with E-state index in [-0.39, 0.29) is 22.7 Å².